The zero-order valence-electron chi connectivity index (χ0n) is 14.2. The highest BCUT2D eigenvalue weighted by molar-refractivity contribution is 5.84. The Kier molecular flexibility index (Phi) is 3.21. The molecule has 0 radical (unpaired) electrons. The molecule has 0 aliphatic rings. The third-order valence-corrected chi connectivity index (χ3v) is 4.45. The standard InChI is InChI=1S/C20H16N6/c1-25-10-9-14-11-17(7-8-18(14)25)26-19-15(13-22-26)12-21-20(24-19)23-16-5-3-2-4-6-16/h2-13H,1H3,(H,21,23,24). The average molecular weight is 340 g/mol. The first-order valence-corrected chi connectivity index (χ1v) is 8.36. The Morgan fingerprint density at radius 1 is 0.923 bits per heavy atom. The molecule has 0 aliphatic heterocycles. The SMILES string of the molecule is Cn1ccc2cc(-n3ncc4cnc(Nc5ccccc5)nc43)ccc21. The Morgan fingerprint density at radius 2 is 1.81 bits per heavy atom. The molecule has 0 spiro atoms. The van der Waals surface area contributed by atoms with Crippen molar-refractivity contribution in [3.63, 3.8) is 0 Å². The first-order chi connectivity index (χ1) is 12.8. The molecule has 0 saturated carbocycles. The van der Waals surface area contributed by atoms with Crippen molar-refractivity contribution in [1.82, 2.24) is 24.3 Å². The van der Waals surface area contributed by atoms with Gasteiger partial charge in [0, 0.05) is 36.0 Å². The Hall–Kier alpha value is -3.67. The number of aryl methyl sites for hydroxylation is 1. The topological polar surface area (TPSA) is 60.6 Å². The number of rotatable bonds is 3. The Morgan fingerprint density at radius 3 is 2.69 bits per heavy atom. The van der Waals surface area contributed by atoms with E-state index < -0.39 is 0 Å². The maximum absolute atomic E-state index is 4.67. The van der Waals surface area contributed by atoms with E-state index in [2.05, 4.69) is 55.4 Å². The number of benzene rings is 2. The van der Waals surface area contributed by atoms with Crippen LogP contribution in [0.15, 0.2) is 73.2 Å². The van der Waals surface area contributed by atoms with Crippen LogP contribution in [0.1, 0.15) is 0 Å². The molecular formula is C20H16N6. The lowest BCUT2D eigenvalue weighted by atomic mass is 10.2. The van der Waals surface area contributed by atoms with Gasteiger partial charge in [0.05, 0.1) is 17.3 Å². The second-order valence-electron chi connectivity index (χ2n) is 6.19. The molecule has 2 aromatic carbocycles. The van der Waals surface area contributed by atoms with Crippen molar-refractivity contribution < 1.29 is 0 Å². The summed E-state index contributed by atoms with van der Waals surface area (Å²) in [4.78, 5) is 9.05. The summed E-state index contributed by atoms with van der Waals surface area (Å²) in [5.41, 5.74) is 3.88. The van der Waals surface area contributed by atoms with Gasteiger partial charge in [0.2, 0.25) is 5.95 Å². The van der Waals surface area contributed by atoms with Crippen LogP contribution in [0.5, 0.6) is 0 Å². The minimum Gasteiger partial charge on any atom is -0.351 e. The van der Waals surface area contributed by atoms with Gasteiger partial charge in [-0.2, -0.15) is 10.1 Å². The molecule has 0 amide bonds. The summed E-state index contributed by atoms with van der Waals surface area (Å²) in [6.45, 7) is 0. The van der Waals surface area contributed by atoms with Crippen molar-refractivity contribution in [3.8, 4) is 5.69 Å². The minimum absolute atomic E-state index is 0.547. The Bertz CT molecular complexity index is 1220. The molecule has 5 rings (SSSR count). The van der Waals surface area contributed by atoms with E-state index in [0.717, 1.165) is 22.4 Å². The van der Waals surface area contributed by atoms with Crippen LogP contribution >= 0.6 is 0 Å². The van der Waals surface area contributed by atoms with Crippen molar-refractivity contribution in [3.05, 3.63) is 73.2 Å². The summed E-state index contributed by atoms with van der Waals surface area (Å²) in [5.74, 6) is 0.547. The first-order valence-electron chi connectivity index (χ1n) is 8.36. The smallest absolute Gasteiger partial charge is 0.229 e. The van der Waals surface area contributed by atoms with E-state index in [9.17, 15) is 0 Å². The van der Waals surface area contributed by atoms with Gasteiger partial charge in [0.15, 0.2) is 5.65 Å². The molecule has 6 heteroatoms. The van der Waals surface area contributed by atoms with Gasteiger partial charge in [0.25, 0.3) is 0 Å². The van der Waals surface area contributed by atoms with E-state index in [0.29, 0.717) is 5.95 Å². The molecule has 0 bridgehead atoms. The van der Waals surface area contributed by atoms with Gasteiger partial charge in [0.1, 0.15) is 0 Å². The average Bonchev–Trinajstić information content (AvgIpc) is 3.26. The highest BCUT2D eigenvalue weighted by atomic mass is 15.3. The second-order valence-corrected chi connectivity index (χ2v) is 6.19. The van der Waals surface area contributed by atoms with Crippen molar-refractivity contribution in [2.24, 2.45) is 7.05 Å². The molecule has 1 N–H and O–H groups in total. The van der Waals surface area contributed by atoms with Gasteiger partial charge in [-0.25, -0.2) is 9.67 Å². The Labute approximate surface area is 149 Å². The third kappa shape index (κ3) is 2.39. The molecule has 6 nitrogen and oxygen atoms in total. The molecular weight excluding hydrogens is 324 g/mol. The quantitative estimate of drug-likeness (QED) is 0.538. The fourth-order valence-corrected chi connectivity index (χ4v) is 3.12. The molecule has 3 heterocycles. The van der Waals surface area contributed by atoms with Crippen LogP contribution in [0.3, 0.4) is 0 Å². The molecule has 0 fully saturated rings. The normalized spacial score (nSPS) is 11.3. The number of hydrogen-bond acceptors (Lipinski definition) is 4. The lowest BCUT2D eigenvalue weighted by Gasteiger charge is -2.07. The van der Waals surface area contributed by atoms with Crippen molar-refractivity contribution >= 4 is 33.6 Å². The molecule has 0 atom stereocenters. The first kappa shape index (κ1) is 14.7. The van der Waals surface area contributed by atoms with Crippen molar-refractivity contribution in [1.29, 1.82) is 0 Å². The maximum Gasteiger partial charge on any atom is 0.229 e. The van der Waals surface area contributed by atoms with Crippen LogP contribution in [-0.2, 0) is 7.05 Å². The second kappa shape index (κ2) is 5.70. The lowest BCUT2D eigenvalue weighted by Crippen LogP contribution is -2.01. The third-order valence-electron chi connectivity index (χ3n) is 4.45. The molecule has 5 aromatic rings. The number of nitrogens with zero attached hydrogens (tertiary/aromatic N) is 5. The monoisotopic (exact) mass is 340 g/mol. The fraction of sp³-hybridized carbons (Fsp3) is 0.0500. The molecule has 0 aliphatic carbocycles. The van der Waals surface area contributed by atoms with E-state index in [4.69, 9.17) is 0 Å². The van der Waals surface area contributed by atoms with Crippen LogP contribution in [0.2, 0.25) is 0 Å². The van der Waals surface area contributed by atoms with Gasteiger partial charge >= 0.3 is 0 Å². The summed E-state index contributed by atoms with van der Waals surface area (Å²) in [7, 11) is 2.04. The fourth-order valence-electron chi connectivity index (χ4n) is 3.12. The highest BCUT2D eigenvalue weighted by Gasteiger charge is 2.10. The van der Waals surface area contributed by atoms with Crippen LogP contribution in [0.4, 0.5) is 11.6 Å². The molecule has 0 unspecified atom stereocenters. The summed E-state index contributed by atoms with van der Waals surface area (Å²) in [6, 6.07) is 18.3. The number of anilines is 2. The van der Waals surface area contributed by atoms with Crippen LogP contribution < -0.4 is 5.32 Å². The van der Waals surface area contributed by atoms with E-state index in [1.807, 2.05) is 42.1 Å². The number of nitrogens with one attached hydrogen (secondary N) is 1. The molecule has 26 heavy (non-hydrogen) atoms. The maximum atomic E-state index is 4.67. The zero-order chi connectivity index (χ0) is 17.5. The van der Waals surface area contributed by atoms with Gasteiger partial charge < -0.3 is 9.88 Å². The lowest BCUT2D eigenvalue weighted by molar-refractivity contribution is 0.896. The number of para-hydroxylation sites is 1. The summed E-state index contributed by atoms with van der Waals surface area (Å²) < 4.78 is 3.95. The Balaban J connectivity index is 1.59. The molecule has 126 valence electrons. The van der Waals surface area contributed by atoms with Gasteiger partial charge in [-0.1, -0.05) is 18.2 Å². The molecule has 0 saturated heterocycles. The highest BCUT2D eigenvalue weighted by Crippen LogP contribution is 2.22. The summed E-state index contributed by atoms with van der Waals surface area (Å²) >= 11 is 0. The molecule has 3 aromatic heterocycles. The van der Waals surface area contributed by atoms with E-state index in [1.54, 1.807) is 12.4 Å². The summed E-state index contributed by atoms with van der Waals surface area (Å²) in [6.07, 6.45) is 5.63. The van der Waals surface area contributed by atoms with Gasteiger partial charge in [-0.05, 0) is 36.4 Å². The summed E-state index contributed by atoms with van der Waals surface area (Å²) in [5, 5.41) is 9.81. The number of hydrogen-bond donors (Lipinski definition) is 1. The predicted octanol–water partition coefficient (Wildman–Crippen LogP) is 4.05. The largest absolute Gasteiger partial charge is 0.351 e. The van der Waals surface area contributed by atoms with Crippen molar-refractivity contribution in [2.45, 2.75) is 0 Å². The minimum atomic E-state index is 0.547. The van der Waals surface area contributed by atoms with Crippen molar-refractivity contribution in [2.75, 3.05) is 5.32 Å². The number of fused-ring (bicyclic) bond motifs is 2. The van der Waals surface area contributed by atoms with Crippen LogP contribution in [0.25, 0.3) is 27.6 Å². The van der Waals surface area contributed by atoms with E-state index in [-0.39, 0.29) is 0 Å². The van der Waals surface area contributed by atoms with Gasteiger partial charge in [-0.3, -0.25) is 0 Å². The van der Waals surface area contributed by atoms with Gasteiger partial charge in [-0.15, -0.1) is 0 Å². The van der Waals surface area contributed by atoms with Crippen LogP contribution in [-0.4, -0.2) is 24.3 Å². The van der Waals surface area contributed by atoms with Crippen LogP contribution in [0, 0.1) is 0 Å². The zero-order valence-corrected chi connectivity index (χ0v) is 14.2. The van der Waals surface area contributed by atoms with E-state index >= 15 is 0 Å². The predicted molar refractivity (Wildman–Crippen MR) is 103 cm³/mol. The number of aromatic nitrogens is 5. The van der Waals surface area contributed by atoms with E-state index in [1.165, 1.54) is 10.9 Å².